The summed E-state index contributed by atoms with van der Waals surface area (Å²) in [5, 5.41) is 0. The second-order valence-corrected chi connectivity index (χ2v) is 7.47. The number of hydrogen-bond donors (Lipinski definition) is 0. The number of Topliss-reactive ketones (excluding diaryl/α,β-unsaturated/α-hetero) is 2. The van der Waals surface area contributed by atoms with Gasteiger partial charge in [0.25, 0.3) is 0 Å². The van der Waals surface area contributed by atoms with Crippen molar-refractivity contribution >= 4 is 11.6 Å². The van der Waals surface area contributed by atoms with Crippen LogP contribution in [0.25, 0.3) is 0 Å². The summed E-state index contributed by atoms with van der Waals surface area (Å²) in [5.41, 5.74) is 4.37. The Morgan fingerprint density at radius 1 is 0.962 bits per heavy atom. The molecule has 0 N–H and O–H groups in total. The minimum Gasteiger partial charge on any atom is -0.497 e. The lowest BCUT2D eigenvalue weighted by Crippen LogP contribution is -2.18. The minimum atomic E-state index is -0.172. The summed E-state index contributed by atoms with van der Waals surface area (Å²) in [4.78, 5) is 25.2. The highest BCUT2D eigenvalue weighted by molar-refractivity contribution is 6.14. The summed E-state index contributed by atoms with van der Waals surface area (Å²) in [6.07, 6.45) is 0.902. The first-order valence-corrected chi connectivity index (χ1v) is 9.01. The molecule has 0 atom stereocenters. The van der Waals surface area contributed by atoms with Gasteiger partial charge in [0.15, 0.2) is 11.6 Å². The normalized spacial score (nSPS) is 11.3. The number of rotatable bonds is 7. The Kier molecular flexibility index (Phi) is 6.01. The molecule has 3 heteroatoms. The third-order valence-corrected chi connectivity index (χ3v) is 5.21. The van der Waals surface area contributed by atoms with Crippen molar-refractivity contribution in [3.8, 4) is 5.75 Å². The molecule has 138 valence electrons. The van der Waals surface area contributed by atoms with Crippen molar-refractivity contribution in [2.75, 3.05) is 7.11 Å². The maximum absolute atomic E-state index is 12.8. The van der Waals surface area contributed by atoms with Crippen LogP contribution in [-0.2, 0) is 5.41 Å². The number of ether oxygens (including phenoxy) is 1. The molecule has 0 radical (unpaired) electrons. The van der Waals surface area contributed by atoms with Gasteiger partial charge in [0, 0.05) is 11.1 Å². The van der Waals surface area contributed by atoms with E-state index in [2.05, 4.69) is 32.9 Å². The van der Waals surface area contributed by atoms with E-state index in [9.17, 15) is 9.59 Å². The Balaban J connectivity index is 2.25. The van der Waals surface area contributed by atoms with Gasteiger partial charge in [0.2, 0.25) is 0 Å². The van der Waals surface area contributed by atoms with E-state index in [1.165, 1.54) is 5.56 Å². The molecule has 0 fully saturated rings. The maximum atomic E-state index is 12.8. The summed E-state index contributed by atoms with van der Waals surface area (Å²) in [6, 6.07) is 11.0. The average molecular weight is 352 g/mol. The zero-order valence-corrected chi connectivity index (χ0v) is 16.6. The molecule has 0 amide bonds. The van der Waals surface area contributed by atoms with E-state index in [4.69, 9.17) is 4.74 Å². The van der Waals surface area contributed by atoms with Gasteiger partial charge in [-0.3, -0.25) is 9.59 Å². The third-order valence-electron chi connectivity index (χ3n) is 5.21. The molecule has 26 heavy (non-hydrogen) atoms. The van der Waals surface area contributed by atoms with Gasteiger partial charge in [0.05, 0.1) is 13.5 Å². The van der Waals surface area contributed by atoms with Crippen molar-refractivity contribution in [3.05, 3.63) is 64.2 Å². The van der Waals surface area contributed by atoms with Crippen LogP contribution in [0.1, 0.15) is 71.0 Å². The highest BCUT2D eigenvalue weighted by Crippen LogP contribution is 2.30. The lowest BCUT2D eigenvalue weighted by atomic mass is 9.79. The molecule has 0 aliphatic carbocycles. The van der Waals surface area contributed by atoms with Crippen molar-refractivity contribution in [2.24, 2.45) is 0 Å². The highest BCUT2D eigenvalue weighted by Gasteiger charge is 2.23. The molecule has 0 aromatic heterocycles. The molecule has 2 rings (SSSR count). The second kappa shape index (κ2) is 7.86. The Bertz CT molecular complexity index is 791. The van der Waals surface area contributed by atoms with E-state index in [0.29, 0.717) is 16.9 Å². The van der Waals surface area contributed by atoms with E-state index in [0.717, 1.165) is 17.5 Å². The summed E-state index contributed by atoms with van der Waals surface area (Å²) < 4.78 is 5.10. The average Bonchev–Trinajstić information content (AvgIpc) is 2.61. The molecule has 0 aliphatic rings. The maximum Gasteiger partial charge on any atom is 0.171 e. The van der Waals surface area contributed by atoms with E-state index in [-0.39, 0.29) is 23.4 Å². The quantitative estimate of drug-likeness (QED) is 0.491. The van der Waals surface area contributed by atoms with Crippen LogP contribution < -0.4 is 4.74 Å². The monoisotopic (exact) mass is 352 g/mol. The molecule has 2 aromatic rings. The molecule has 0 unspecified atom stereocenters. The van der Waals surface area contributed by atoms with Gasteiger partial charge in [-0.25, -0.2) is 0 Å². The van der Waals surface area contributed by atoms with Crippen LogP contribution in [0.4, 0.5) is 0 Å². The van der Waals surface area contributed by atoms with Gasteiger partial charge in [-0.2, -0.15) is 0 Å². The van der Waals surface area contributed by atoms with Crippen molar-refractivity contribution in [3.63, 3.8) is 0 Å². The van der Waals surface area contributed by atoms with Crippen molar-refractivity contribution in [1.29, 1.82) is 0 Å². The first kappa shape index (κ1) is 19.9. The SMILES string of the molecule is CCC(C)(C)c1cc(C)c(C(=O)CC(=O)c2ccc(OC)cc2)c(C)c1. The smallest absolute Gasteiger partial charge is 0.171 e. The lowest BCUT2D eigenvalue weighted by molar-refractivity contribution is 0.0893. The molecule has 0 heterocycles. The number of carbonyl (C=O) groups excluding carboxylic acids is 2. The van der Waals surface area contributed by atoms with Crippen molar-refractivity contribution in [1.82, 2.24) is 0 Å². The number of carbonyl (C=O) groups is 2. The molecular weight excluding hydrogens is 324 g/mol. The van der Waals surface area contributed by atoms with Crippen LogP contribution in [0.3, 0.4) is 0 Å². The van der Waals surface area contributed by atoms with Crippen LogP contribution >= 0.6 is 0 Å². The van der Waals surface area contributed by atoms with E-state index < -0.39 is 0 Å². The topological polar surface area (TPSA) is 43.4 Å². The first-order chi connectivity index (χ1) is 12.2. The predicted molar refractivity (Wildman–Crippen MR) is 106 cm³/mol. The molecule has 0 bridgehead atoms. The zero-order chi connectivity index (χ0) is 19.5. The Morgan fingerprint density at radius 3 is 1.96 bits per heavy atom. The number of hydrogen-bond acceptors (Lipinski definition) is 3. The number of methoxy groups -OCH3 is 1. The standard InChI is InChI=1S/C23H28O3/c1-7-23(4,5)18-12-15(2)22(16(3)13-18)21(25)14-20(24)17-8-10-19(26-6)11-9-17/h8-13H,7,14H2,1-6H3. The highest BCUT2D eigenvalue weighted by atomic mass is 16.5. The van der Waals surface area contributed by atoms with E-state index in [1.54, 1.807) is 31.4 Å². The molecular formula is C23H28O3. The summed E-state index contributed by atoms with van der Waals surface area (Å²) in [6.45, 7) is 10.5. The Morgan fingerprint density at radius 2 is 1.50 bits per heavy atom. The van der Waals surface area contributed by atoms with Crippen LogP contribution in [0, 0.1) is 13.8 Å². The molecule has 0 aliphatic heterocycles. The minimum absolute atomic E-state index is 0.0655. The Labute approximate surface area is 156 Å². The van der Waals surface area contributed by atoms with Crippen LogP contribution in [0.5, 0.6) is 5.75 Å². The summed E-state index contributed by atoms with van der Waals surface area (Å²) in [7, 11) is 1.58. The zero-order valence-electron chi connectivity index (χ0n) is 16.6. The number of aryl methyl sites for hydroxylation is 2. The fraction of sp³-hybridized carbons (Fsp3) is 0.391. The van der Waals surface area contributed by atoms with E-state index in [1.807, 2.05) is 13.8 Å². The molecule has 0 saturated carbocycles. The van der Waals surface area contributed by atoms with Gasteiger partial charge < -0.3 is 4.74 Å². The fourth-order valence-electron chi connectivity index (χ4n) is 3.11. The van der Waals surface area contributed by atoms with Crippen LogP contribution in [-0.4, -0.2) is 18.7 Å². The summed E-state index contributed by atoms with van der Waals surface area (Å²) >= 11 is 0. The fourth-order valence-corrected chi connectivity index (χ4v) is 3.11. The molecule has 0 spiro atoms. The van der Waals surface area contributed by atoms with Gasteiger partial charge in [-0.05, 0) is 66.6 Å². The van der Waals surface area contributed by atoms with Crippen LogP contribution in [0.2, 0.25) is 0 Å². The molecule has 2 aromatic carbocycles. The van der Waals surface area contributed by atoms with Crippen LogP contribution in [0.15, 0.2) is 36.4 Å². The summed E-state index contributed by atoms with van der Waals surface area (Å²) in [5.74, 6) is 0.393. The third kappa shape index (κ3) is 4.21. The first-order valence-electron chi connectivity index (χ1n) is 9.01. The molecule has 3 nitrogen and oxygen atoms in total. The predicted octanol–water partition coefficient (Wildman–Crippen LogP) is 5.46. The van der Waals surface area contributed by atoms with Crippen molar-refractivity contribution < 1.29 is 14.3 Å². The van der Waals surface area contributed by atoms with Gasteiger partial charge in [-0.15, -0.1) is 0 Å². The van der Waals surface area contributed by atoms with Gasteiger partial charge in [0.1, 0.15) is 5.75 Å². The number of ketones is 2. The van der Waals surface area contributed by atoms with Crippen molar-refractivity contribution in [2.45, 2.75) is 52.9 Å². The largest absolute Gasteiger partial charge is 0.497 e. The Hall–Kier alpha value is -2.42. The lowest BCUT2D eigenvalue weighted by Gasteiger charge is -2.25. The second-order valence-electron chi connectivity index (χ2n) is 7.47. The number of benzene rings is 2. The van der Waals surface area contributed by atoms with E-state index >= 15 is 0 Å². The van der Waals surface area contributed by atoms with Gasteiger partial charge in [-0.1, -0.05) is 32.9 Å². The van der Waals surface area contributed by atoms with Gasteiger partial charge >= 0.3 is 0 Å². The molecule has 0 saturated heterocycles.